The van der Waals surface area contributed by atoms with Crippen LogP contribution in [0.15, 0.2) is 28.7 Å². The predicted molar refractivity (Wildman–Crippen MR) is 77.0 cm³/mol. The molecule has 0 spiro atoms. The number of nitrogens with zero attached hydrogens (tertiary/aromatic N) is 1. The number of rotatable bonds is 4. The lowest BCUT2D eigenvalue weighted by atomic mass is 9.82. The molecule has 1 aliphatic carbocycles. The Kier molecular flexibility index (Phi) is 3.69. The monoisotopic (exact) mass is 259 g/mol. The highest BCUT2D eigenvalue weighted by Crippen LogP contribution is 2.28. The Balaban J connectivity index is 1.55. The second-order valence-electron chi connectivity index (χ2n) is 5.49. The van der Waals surface area contributed by atoms with Crippen molar-refractivity contribution in [3.05, 3.63) is 24.3 Å². The maximum atomic E-state index is 5.72. The van der Waals surface area contributed by atoms with E-state index in [9.17, 15) is 0 Å². The first-order valence-electron chi connectivity index (χ1n) is 7.14. The SMILES string of the molecule is NCC1CCC(CNc2nc3ccccc3o2)CC1. The molecule has 1 aromatic heterocycles. The minimum atomic E-state index is 0.641. The number of hydrogen-bond donors (Lipinski definition) is 2. The summed E-state index contributed by atoms with van der Waals surface area (Å²) in [6, 6.07) is 8.49. The summed E-state index contributed by atoms with van der Waals surface area (Å²) in [6.45, 7) is 1.79. The Morgan fingerprint density at radius 1 is 1.16 bits per heavy atom. The zero-order valence-corrected chi connectivity index (χ0v) is 11.1. The normalized spacial score (nSPS) is 23.6. The molecule has 102 valence electrons. The Morgan fingerprint density at radius 3 is 2.63 bits per heavy atom. The van der Waals surface area contributed by atoms with Gasteiger partial charge in [-0.3, -0.25) is 0 Å². The van der Waals surface area contributed by atoms with E-state index in [1.54, 1.807) is 0 Å². The zero-order valence-electron chi connectivity index (χ0n) is 11.1. The number of aromatic nitrogens is 1. The molecule has 0 atom stereocenters. The fourth-order valence-corrected chi connectivity index (χ4v) is 2.85. The summed E-state index contributed by atoms with van der Waals surface area (Å²) in [7, 11) is 0. The van der Waals surface area contributed by atoms with Crippen LogP contribution in [0.3, 0.4) is 0 Å². The van der Waals surface area contributed by atoms with Gasteiger partial charge in [-0.2, -0.15) is 4.98 Å². The highest BCUT2D eigenvalue weighted by molar-refractivity contribution is 5.74. The third-order valence-electron chi connectivity index (χ3n) is 4.14. The Hall–Kier alpha value is -1.55. The first-order valence-corrected chi connectivity index (χ1v) is 7.14. The van der Waals surface area contributed by atoms with Gasteiger partial charge in [-0.05, 0) is 56.2 Å². The van der Waals surface area contributed by atoms with Crippen molar-refractivity contribution < 1.29 is 4.42 Å². The molecule has 1 heterocycles. The quantitative estimate of drug-likeness (QED) is 0.886. The van der Waals surface area contributed by atoms with Crippen LogP contribution in [0, 0.1) is 11.8 Å². The molecule has 0 aliphatic heterocycles. The lowest BCUT2D eigenvalue weighted by Gasteiger charge is -2.27. The van der Waals surface area contributed by atoms with Crippen LogP contribution in [0.1, 0.15) is 25.7 Å². The number of fused-ring (bicyclic) bond motifs is 1. The molecule has 1 aliphatic rings. The molecule has 19 heavy (non-hydrogen) atoms. The highest BCUT2D eigenvalue weighted by atomic mass is 16.4. The van der Waals surface area contributed by atoms with E-state index in [2.05, 4.69) is 10.3 Å². The molecule has 0 saturated heterocycles. The van der Waals surface area contributed by atoms with Gasteiger partial charge in [0, 0.05) is 6.54 Å². The number of para-hydroxylation sites is 2. The van der Waals surface area contributed by atoms with Crippen LogP contribution in [-0.4, -0.2) is 18.1 Å². The molecule has 1 aromatic carbocycles. The standard InChI is InChI=1S/C15H21N3O/c16-9-11-5-7-12(8-6-11)10-17-15-18-13-3-1-2-4-14(13)19-15/h1-4,11-12H,5-10,16H2,(H,17,18). The van der Waals surface area contributed by atoms with Gasteiger partial charge < -0.3 is 15.5 Å². The largest absolute Gasteiger partial charge is 0.424 e. The van der Waals surface area contributed by atoms with E-state index in [1.165, 1.54) is 25.7 Å². The van der Waals surface area contributed by atoms with Gasteiger partial charge in [-0.1, -0.05) is 12.1 Å². The molecule has 3 rings (SSSR count). The van der Waals surface area contributed by atoms with Gasteiger partial charge in [0.2, 0.25) is 0 Å². The van der Waals surface area contributed by atoms with Gasteiger partial charge in [0.15, 0.2) is 5.58 Å². The molecule has 4 nitrogen and oxygen atoms in total. The number of oxazole rings is 1. The summed E-state index contributed by atoms with van der Waals surface area (Å²) < 4.78 is 5.66. The summed E-state index contributed by atoms with van der Waals surface area (Å²) in [6.07, 6.45) is 5.04. The van der Waals surface area contributed by atoms with E-state index < -0.39 is 0 Å². The van der Waals surface area contributed by atoms with E-state index in [4.69, 9.17) is 10.2 Å². The smallest absolute Gasteiger partial charge is 0.295 e. The average Bonchev–Trinajstić information content (AvgIpc) is 2.88. The van der Waals surface area contributed by atoms with Gasteiger partial charge in [0.05, 0.1) is 0 Å². The molecular weight excluding hydrogens is 238 g/mol. The van der Waals surface area contributed by atoms with Crippen LogP contribution in [0.5, 0.6) is 0 Å². The molecule has 4 heteroatoms. The number of nitrogens with one attached hydrogen (secondary N) is 1. The van der Waals surface area contributed by atoms with Gasteiger partial charge >= 0.3 is 0 Å². The van der Waals surface area contributed by atoms with Crippen LogP contribution in [0.4, 0.5) is 6.01 Å². The first-order chi connectivity index (χ1) is 9.35. The van der Waals surface area contributed by atoms with Crippen LogP contribution < -0.4 is 11.1 Å². The zero-order chi connectivity index (χ0) is 13.1. The van der Waals surface area contributed by atoms with Crippen molar-refractivity contribution in [2.75, 3.05) is 18.4 Å². The third-order valence-corrected chi connectivity index (χ3v) is 4.14. The van der Waals surface area contributed by atoms with E-state index in [-0.39, 0.29) is 0 Å². The van der Waals surface area contributed by atoms with Crippen molar-refractivity contribution in [1.29, 1.82) is 0 Å². The van der Waals surface area contributed by atoms with E-state index in [0.717, 1.165) is 36.0 Å². The molecule has 1 saturated carbocycles. The summed E-state index contributed by atoms with van der Waals surface area (Å²) in [5.74, 6) is 1.46. The van der Waals surface area contributed by atoms with Crippen molar-refractivity contribution >= 4 is 17.1 Å². The number of nitrogens with two attached hydrogens (primary N) is 1. The van der Waals surface area contributed by atoms with Crippen LogP contribution in [-0.2, 0) is 0 Å². The molecule has 0 amide bonds. The van der Waals surface area contributed by atoms with Crippen molar-refractivity contribution in [1.82, 2.24) is 4.98 Å². The maximum Gasteiger partial charge on any atom is 0.295 e. The lowest BCUT2D eigenvalue weighted by Crippen LogP contribution is -2.25. The Bertz CT molecular complexity index is 496. The molecule has 3 N–H and O–H groups in total. The van der Waals surface area contributed by atoms with Crippen molar-refractivity contribution in [3.8, 4) is 0 Å². The first kappa shape index (κ1) is 12.5. The number of benzene rings is 1. The highest BCUT2D eigenvalue weighted by Gasteiger charge is 2.20. The number of hydrogen-bond acceptors (Lipinski definition) is 4. The third kappa shape index (κ3) is 2.89. The summed E-state index contributed by atoms with van der Waals surface area (Å²) in [4.78, 5) is 4.43. The molecule has 1 fully saturated rings. The maximum absolute atomic E-state index is 5.72. The van der Waals surface area contributed by atoms with E-state index in [0.29, 0.717) is 6.01 Å². The van der Waals surface area contributed by atoms with Gasteiger partial charge in [-0.25, -0.2) is 0 Å². The molecule has 0 radical (unpaired) electrons. The molecular formula is C15H21N3O. The molecule has 2 aromatic rings. The van der Waals surface area contributed by atoms with E-state index >= 15 is 0 Å². The second-order valence-corrected chi connectivity index (χ2v) is 5.49. The van der Waals surface area contributed by atoms with Crippen molar-refractivity contribution in [2.24, 2.45) is 17.6 Å². The second kappa shape index (κ2) is 5.61. The summed E-state index contributed by atoms with van der Waals surface area (Å²) in [5, 5.41) is 3.33. The fraction of sp³-hybridized carbons (Fsp3) is 0.533. The summed E-state index contributed by atoms with van der Waals surface area (Å²) >= 11 is 0. The number of anilines is 1. The van der Waals surface area contributed by atoms with Gasteiger partial charge in [-0.15, -0.1) is 0 Å². The fourth-order valence-electron chi connectivity index (χ4n) is 2.85. The minimum absolute atomic E-state index is 0.641. The Labute approximate surface area is 113 Å². The van der Waals surface area contributed by atoms with Crippen molar-refractivity contribution in [2.45, 2.75) is 25.7 Å². The molecule has 0 unspecified atom stereocenters. The predicted octanol–water partition coefficient (Wildman–Crippen LogP) is 3.00. The van der Waals surface area contributed by atoms with Crippen LogP contribution in [0.25, 0.3) is 11.1 Å². The van der Waals surface area contributed by atoms with Gasteiger partial charge in [0.25, 0.3) is 6.01 Å². The minimum Gasteiger partial charge on any atom is -0.424 e. The van der Waals surface area contributed by atoms with Gasteiger partial charge in [0.1, 0.15) is 5.52 Å². The van der Waals surface area contributed by atoms with E-state index in [1.807, 2.05) is 24.3 Å². The molecule has 0 bridgehead atoms. The topological polar surface area (TPSA) is 64.1 Å². The average molecular weight is 259 g/mol. The van der Waals surface area contributed by atoms with Crippen LogP contribution >= 0.6 is 0 Å². The lowest BCUT2D eigenvalue weighted by molar-refractivity contribution is 0.288. The summed E-state index contributed by atoms with van der Waals surface area (Å²) in [5.41, 5.74) is 7.47. The van der Waals surface area contributed by atoms with Crippen LogP contribution in [0.2, 0.25) is 0 Å². The Morgan fingerprint density at radius 2 is 1.89 bits per heavy atom. The van der Waals surface area contributed by atoms with Crippen molar-refractivity contribution in [3.63, 3.8) is 0 Å².